The summed E-state index contributed by atoms with van der Waals surface area (Å²) in [5, 5.41) is 0. The van der Waals surface area contributed by atoms with Crippen molar-refractivity contribution in [2.45, 2.75) is 7.43 Å². The number of hydrogen-bond donors (Lipinski definition) is 0. The van der Waals surface area contributed by atoms with E-state index in [0.717, 1.165) is 0 Å². The molecule has 0 atom stereocenters. The van der Waals surface area contributed by atoms with Gasteiger partial charge in [0.05, 0.1) is 0 Å². The second kappa shape index (κ2) is 21.8. The Morgan fingerprint density at radius 3 is 1.00 bits per heavy atom. The van der Waals surface area contributed by atoms with Crippen molar-refractivity contribution < 1.29 is 55.9 Å². The van der Waals surface area contributed by atoms with E-state index in [4.69, 9.17) is 0 Å². The van der Waals surface area contributed by atoms with Crippen LogP contribution in [0.2, 0.25) is 0 Å². The van der Waals surface area contributed by atoms with Gasteiger partial charge in [0.25, 0.3) is 0 Å². The molecule has 0 saturated carbocycles. The normalized spacial score (nSPS) is 0. The molecule has 0 heterocycles. The van der Waals surface area contributed by atoms with Crippen molar-refractivity contribution in [3.05, 3.63) is 0 Å². The first kappa shape index (κ1) is 42.3. The first-order valence-corrected chi connectivity index (χ1v) is 0. The standard InChI is InChI=1S/CH4.Cu.Fe.Ti/h1H4;;;. The molecule has 0 aliphatic heterocycles. The van der Waals surface area contributed by atoms with Crippen molar-refractivity contribution in [1.29, 1.82) is 0 Å². The molecule has 0 amide bonds. The van der Waals surface area contributed by atoms with Crippen LogP contribution in [0.5, 0.6) is 0 Å². The van der Waals surface area contributed by atoms with Crippen molar-refractivity contribution in [1.82, 2.24) is 0 Å². The van der Waals surface area contributed by atoms with Gasteiger partial charge in [0.15, 0.2) is 0 Å². The Bertz CT molecular complexity index is 8.00. The molecule has 1 radical (unpaired) electrons. The molecule has 0 nitrogen and oxygen atoms in total. The van der Waals surface area contributed by atoms with Gasteiger partial charge in [0.1, 0.15) is 0 Å². The van der Waals surface area contributed by atoms with E-state index in [9.17, 15) is 0 Å². The molecule has 0 bridgehead atoms. The summed E-state index contributed by atoms with van der Waals surface area (Å²) in [6.07, 6.45) is 0. The summed E-state index contributed by atoms with van der Waals surface area (Å²) in [7, 11) is 0. The molecule has 0 aliphatic carbocycles. The largest absolute Gasteiger partial charge is 0.0776 e. The predicted molar refractivity (Wildman–Crippen MR) is 6.73 cm³/mol. The molecule has 0 N–H and O–H groups in total. The van der Waals surface area contributed by atoms with Crippen LogP contribution in [-0.4, -0.2) is 0 Å². The van der Waals surface area contributed by atoms with Crippen LogP contribution in [0.25, 0.3) is 0 Å². The van der Waals surface area contributed by atoms with Gasteiger partial charge in [-0.1, -0.05) is 7.43 Å². The van der Waals surface area contributed by atoms with Gasteiger partial charge in [-0.2, -0.15) is 0 Å². The molecule has 0 aromatic carbocycles. The van der Waals surface area contributed by atoms with Gasteiger partial charge in [-0.25, -0.2) is 0 Å². The van der Waals surface area contributed by atoms with Gasteiger partial charge < -0.3 is 0 Å². The fraction of sp³-hybridized carbons (Fsp3) is 1.00. The third kappa shape index (κ3) is 9.26. The molecule has 0 rings (SSSR count). The Morgan fingerprint density at radius 2 is 1.00 bits per heavy atom. The predicted octanol–water partition coefficient (Wildman–Crippen LogP) is 0.629. The van der Waals surface area contributed by atoms with Gasteiger partial charge in [-0.15, -0.1) is 0 Å². The Hall–Kier alpha value is 1.75. The Kier molecular flexibility index (Phi) is 230. The fourth-order valence-electron chi connectivity index (χ4n) is 0. The van der Waals surface area contributed by atoms with E-state index in [1.54, 1.807) is 0 Å². The second-order valence-corrected chi connectivity index (χ2v) is 0. The van der Waals surface area contributed by atoms with Crippen LogP contribution < -0.4 is 0 Å². The van der Waals surface area contributed by atoms with Crippen molar-refractivity contribution in [2.75, 3.05) is 0 Å². The summed E-state index contributed by atoms with van der Waals surface area (Å²) in [5.74, 6) is 0. The first-order valence-electron chi connectivity index (χ1n) is 0. The molecular formula is CH4CuFeTi. The van der Waals surface area contributed by atoms with E-state index >= 15 is 0 Å². The van der Waals surface area contributed by atoms with E-state index in [-0.39, 0.29) is 63.3 Å². The Balaban J connectivity index is 0. The monoisotopic (exact) mass is 183 g/mol. The van der Waals surface area contributed by atoms with Crippen molar-refractivity contribution in [2.24, 2.45) is 0 Å². The maximum Gasteiger partial charge on any atom is 0 e. The summed E-state index contributed by atoms with van der Waals surface area (Å²) in [6.45, 7) is 0. The molecular weight excluding hydrogens is 179 g/mol. The smallest absolute Gasteiger partial charge is 0 e. The first-order chi connectivity index (χ1) is 0. The minimum absolute atomic E-state index is 0. The van der Waals surface area contributed by atoms with E-state index in [0.29, 0.717) is 0 Å². The molecule has 0 aromatic heterocycles. The number of hydrogen-bond acceptors (Lipinski definition) is 0. The second-order valence-electron chi connectivity index (χ2n) is 0. The molecule has 0 unspecified atom stereocenters. The number of rotatable bonds is 0. The van der Waals surface area contributed by atoms with Crippen LogP contribution in [0.4, 0.5) is 0 Å². The van der Waals surface area contributed by atoms with E-state index in [1.807, 2.05) is 0 Å². The van der Waals surface area contributed by atoms with E-state index in [2.05, 4.69) is 0 Å². The van der Waals surface area contributed by atoms with Gasteiger partial charge in [0.2, 0.25) is 0 Å². The van der Waals surface area contributed by atoms with Gasteiger partial charge in [0, 0.05) is 55.9 Å². The van der Waals surface area contributed by atoms with Crippen molar-refractivity contribution >= 4 is 0 Å². The molecule has 31 valence electrons. The Morgan fingerprint density at radius 1 is 1.00 bits per heavy atom. The van der Waals surface area contributed by atoms with Crippen LogP contribution >= 0.6 is 0 Å². The van der Waals surface area contributed by atoms with E-state index in [1.165, 1.54) is 0 Å². The molecule has 0 saturated heterocycles. The maximum atomic E-state index is 0. The van der Waals surface area contributed by atoms with Gasteiger partial charge in [-0.05, 0) is 0 Å². The third-order valence-corrected chi connectivity index (χ3v) is 0. The molecule has 0 aliphatic rings. The summed E-state index contributed by atoms with van der Waals surface area (Å²) in [6, 6.07) is 0. The average Bonchev–Trinajstić information content (AvgIpc) is 0. The topological polar surface area (TPSA) is 0 Å². The quantitative estimate of drug-likeness (QED) is 0.483. The summed E-state index contributed by atoms with van der Waals surface area (Å²) in [4.78, 5) is 0. The molecule has 0 aromatic rings. The SMILES string of the molecule is C.[Cu].[Fe].[Ti]. The van der Waals surface area contributed by atoms with Crippen LogP contribution in [0, 0.1) is 0 Å². The van der Waals surface area contributed by atoms with Gasteiger partial charge in [-0.3, -0.25) is 0 Å². The van der Waals surface area contributed by atoms with Crippen LogP contribution in [-0.2, 0) is 55.9 Å². The van der Waals surface area contributed by atoms with Crippen molar-refractivity contribution in [3.8, 4) is 0 Å². The molecule has 3 heteroatoms. The zero-order chi connectivity index (χ0) is 0. The van der Waals surface area contributed by atoms with Crippen LogP contribution in [0.1, 0.15) is 7.43 Å². The summed E-state index contributed by atoms with van der Waals surface area (Å²) in [5.41, 5.74) is 0. The zero-order valence-corrected chi connectivity index (χ0v) is 4.76. The maximum absolute atomic E-state index is 0. The fourth-order valence-corrected chi connectivity index (χ4v) is 0. The zero-order valence-electron chi connectivity index (χ0n) is 1.16. The molecule has 0 fully saturated rings. The van der Waals surface area contributed by atoms with Crippen LogP contribution in [0.3, 0.4) is 0 Å². The molecule has 4 heavy (non-hydrogen) atoms. The minimum Gasteiger partial charge on any atom is -0.0776 e. The van der Waals surface area contributed by atoms with Crippen LogP contribution in [0.15, 0.2) is 0 Å². The Labute approximate surface area is 62.9 Å². The third-order valence-electron chi connectivity index (χ3n) is 0. The van der Waals surface area contributed by atoms with Gasteiger partial charge >= 0.3 is 0 Å². The minimum atomic E-state index is 0. The van der Waals surface area contributed by atoms with E-state index < -0.39 is 0 Å². The summed E-state index contributed by atoms with van der Waals surface area (Å²) >= 11 is 0. The molecule has 0 spiro atoms. The van der Waals surface area contributed by atoms with Crippen molar-refractivity contribution in [3.63, 3.8) is 0 Å². The summed E-state index contributed by atoms with van der Waals surface area (Å²) < 4.78 is 0. The average molecular weight is 183 g/mol.